The first-order valence-corrected chi connectivity index (χ1v) is 7.72. The van der Waals surface area contributed by atoms with Gasteiger partial charge in [-0.1, -0.05) is 17.8 Å². The quantitative estimate of drug-likeness (QED) is 0.547. The summed E-state index contributed by atoms with van der Waals surface area (Å²) in [7, 11) is 0. The van der Waals surface area contributed by atoms with Gasteiger partial charge in [0.25, 0.3) is 5.22 Å². The van der Waals surface area contributed by atoms with Crippen molar-refractivity contribution < 1.29 is 9.21 Å². The number of pyridine rings is 1. The molecule has 0 fully saturated rings. The van der Waals surface area contributed by atoms with Crippen molar-refractivity contribution in [3.8, 4) is 11.5 Å². The van der Waals surface area contributed by atoms with Crippen molar-refractivity contribution in [2.75, 3.05) is 16.8 Å². The van der Waals surface area contributed by atoms with Gasteiger partial charge in [0.2, 0.25) is 11.8 Å². The highest BCUT2D eigenvalue weighted by molar-refractivity contribution is 7.99. The van der Waals surface area contributed by atoms with Crippen molar-refractivity contribution in [3.63, 3.8) is 0 Å². The average molecular weight is 327 g/mol. The Morgan fingerprint density at radius 3 is 2.74 bits per heavy atom. The van der Waals surface area contributed by atoms with Crippen LogP contribution in [-0.2, 0) is 4.79 Å². The number of nitrogens with one attached hydrogen (secondary N) is 1. The number of rotatable bonds is 5. The summed E-state index contributed by atoms with van der Waals surface area (Å²) in [6, 6.07) is 12.4. The lowest BCUT2D eigenvalue weighted by Crippen LogP contribution is -2.14. The van der Waals surface area contributed by atoms with Gasteiger partial charge in [-0.25, -0.2) is 4.98 Å². The minimum atomic E-state index is -0.194. The van der Waals surface area contributed by atoms with Crippen LogP contribution in [0, 0.1) is 0 Å². The molecule has 0 bridgehead atoms. The molecule has 23 heavy (non-hydrogen) atoms. The van der Waals surface area contributed by atoms with E-state index in [1.54, 1.807) is 48.7 Å². The van der Waals surface area contributed by atoms with Crippen LogP contribution in [0.1, 0.15) is 0 Å². The van der Waals surface area contributed by atoms with Crippen LogP contribution in [0.25, 0.3) is 11.5 Å². The van der Waals surface area contributed by atoms with E-state index in [0.717, 1.165) is 17.3 Å². The minimum absolute atomic E-state index is 0.153. The Kier molecular flexibility index (Phi) is 4.53. The molecule has 0 radical (unpaired) electrons. The average Bonchev–Trinajstić information content (AvgIpc) is 3.04. The molecule has 0 spiro atoms. The molecule has 3 aromatic rings. The maximum Gasteiger partial charge on any atom is 0.277 e. The zero-order valence-corrected chi connectivity index (χ0v) is 12.8. The second-order valence-corrected chi connectivity index (χ2v) is 5.47. The number of hydrogen-bond acceptors (Lipinski definition) is 7. The largest absolute Gasteiger partial charge is 0.411 e. The van der Waals surface area contributed by atoms with Gasteiger partial charge < -0.3 is 15.5 Å². The van der Waals surface area contributed by atoms with Crippen molar-refractivity contribution in [2.24, 2.45) is 0 Å². The van der Waals surface area contributed by atoms with E-state index in [4.69, 9.17) is 10.2 Å². The van der Waals surface area contributed by atoms with E-state index in [9.17, 15) is 4.79 Å². The number of carbonyl (C=O) groups is 1. The highest BCUT2D eigenvalue weighted by Gasteiger charge is 2.11. The summed E-state index contributed by atoms with van der Waals surface area (Å²) in [5.41, 5.74) is 7.07. The first-order chi connectivity index (χ1) is 11.2. The number of benzene rings is 1. The van der Waals surface area contributed by atoms with E-state index < -0.39 is 0 Å². The molecule has 1 amide bonds. The standard InChI is InChI=1S/C15H13N5O2S/c16-11-6-4-10(5-7-11)14-19-20-15(22-14)23-9-13(21)18-12-3-1-2-8-17-12/h1-8H,9,16H2,(H,17,18,21). The summed E-state index contributed by atoms with van der Waals surface area (Å²) in [6.07, 6.45) is 1.61. The summed E-state index contributed by atoms with van der Waals surface area (Å²) in [5.74, 6) is 0.852. The zero-order chi connectivity index (χ0) is 16.1. The maximum absolute atomic E-state index is 11.8. The Hall–Kier alpha value is -2.87. The summed E-state index contributed by atoms with van der Waals surface area (Å²) >= 11 is 1.16. The van der Waals surface area contributed by atoms with Crippen molar-refractivity contribution in [1.29, 1.82) is 0 Å². The highest BCUT2D eigenvalue weighted by atomic mass is 32.2. The molecule has 8 heteroatoms. The number of nitrogens with zero attached hydrogens (tertiary/aromatic N) is 3. The Morgan fingerprint density at radius 1 is 1.17 bits per heavy atom. The fourth-order valence-corrected chi connectivity index (χ4v) is 2.32. The van der Waals surface area contributed by atoms with Gasteiger partial charge in [0.1, 0.15) is 5.82 Å². The van der Waals surface area contributed by atoms with E-state index >= 15 is 0 Å². The third kappa shape index (κ3) is 4.07. The van der Waals surface area contributed by atoms with Crippen molar-refractivity contribution in [1.82, 2.24) is 15.2 Å². The first kappa shape index (κ1) is 15.0. The smallest absolute Gasteiger partial charge is 0.277 e. The molecule has 2 heterocycles. The monoisotopic (exact) mass is 327 g/mol. The van der Waals surface area contributed by atoms with Gasteiger partial charge in [-0.3, -0.25) is 4.79 Å². The van der Waals surface area contributed by atoms with Gasteiger partial charge >= 0.3 is 0 Å². The first-order valence-electron chi connectivity index (χ1n) is 6.74. The van der Waals surface area contributed by atoms with Crippen LogP contribution < -0.4 is 11.1 Å². The highest BCUT2D eigenvalue weighted by Crippen LogP contribution is 2.23. The summed E-state index contributed by atoms with van der Waals surface area (Å²) in [6.45, 7) is 0. The van der Waals surface area contributed by atoms with E-state index in [1.165, 1.54) is 0 Å². The number of nitrogens with two attached hydrogens (primary N) is 1. The molecule has 0 aliphatic heterocycles. The number of nitrogen functional groups attached to an aromatic ring is 1. The van der Waals surface area contributed by atoms with Crippen LogP contribution in [0.4, 0.5) is 11.5 Å². The molecule has 0 aliphatic carbocycles. The van der Waals surface area contributed by atoms with Crippen LogP contribution in [0.2, 0.25) is 0 Å². The number of amides is 1. The van der Waals surface area contributed by atoms with Crippen molar-refractivity contribution in [2.45, 2.75) is 5.22 Å². The minimum Gasteiger partial charge on any atom is -0.411 e. The van der Waals surface area contributed by atoms with Gasteiger partial charge in [-0.05, 0) is 36.4 Å². The Balaban J connectivity index is 1.57. The second kappa shape index (κ2) is 6.93. The molecule has 3 rings (SSSR count). The third-order valence-electron chi connectivity index (χ3n) is 2.82. The molecule has 0 saturated heterocycles. The topological polar surface area (TPSA) is 107 Å². The summed E-state index contributed by atoms with van der Waals surface area (Å²) in [5, 5.41) is 10.9. The fraction of sp³-hybridized carbons (Fsp3) is 0.0667. The molecule has 1 aromatic carbocycles. The van der Waals surface area contributed by atoms with Gasteiger partial charge in [0, 0.05) is 17.4 Å². The summed E-state index contributed by atoms with van der Waals surface area (Å²) in [4.78, 5) is 15.8. The number of hydrogen-bond donors (Lipinski definition) is 2. The van der Waals surface area contributed by atoms with Crippen LogP contribution >= 0.6 is 11.8 Å². The lowest BCUT2D eigenvalue weighted by molar-refractivity contribution is -0.113. The molecule has 116 valence electrons. The zero-order valence-electron chi connectivity index (χ0n) is 12.0. The normalized spacial score (nSPS) is 10.4. The molecule has 0 atom stereocenters. The molecule has 2 aromatic heterocycles. The molecule has 0 aliphatic rings. The molecular formula is C15H13N5O2S. The van der Waals surface area contributed by atoms with Gasteiger partial charge in [-0.2, -0.15) is 0 Å². The lowest BCUT2D eigenvalue weighted by Gasteiger charge is -2.01. The second-order valence-electron chi connectivity index (χ2n) is 4.55. The van der Waals surface area contributed by atoms with E-state index in [0.29, 0.717) is 22.6 Å². The van der Waals surface area contributed by atoms with E-state index in [-0.39, 0.29) is 11.7 Å². The van der Waals surface area contributed by atoms with Gasteiger partial charge in [0.05, 0.1) is 5.75 Å². The SMILES string of the molecule is Nc1ccc(-c2nnc(SCC(=O)Nc3ccccn3)o2)cc1. The Morgan fingerprint density at radius 2 is 2.00 bits per heavy atom. The number of carbonyl (C=O) groups excluding carboxylic acids is 1. The van der Waals surface area contributed by atoms with Crippen LogP contribution in [0.15, 0.2) is 58.3 Å². The molecular weight excluding hydrogens is 314 g/mol. The lowest BCUT2D eigenvalue weighted by atomic mass is 10.2. The predicted octanol–water partition coefficient (Wildman–Crippen LogP) is 2.44. The van der Waals surface area contributed by atoms with Crippen LogP contribution in [0.3, 0.4) is 0 Å². The molecule has 7 nitrogen and oxygen atoms in total. The van der Waals surface area contributed by atoms with Crippen molar-refractivity contribution in [3.05, 3.63) is 48.7 Å². The van der Waals surface area contributed by atoms with Gasteiger partial charge in [0.15, 0.2) is 0 Å². The van der Waals surface area contributed by atoms with E-state index in [1.807, 2.05) is 0 Å². The molecule has 0 saturated carbocycles. The van der Waals surface area contributed by atoms with Crippen LogP contribution in [0.5, 0.6) is 0 Å². The Labute approximate surface area is 136 Å². The fourth-order valence-electron chi connectivity index (χ4n) is 1.75. The van der Waals surface area contributed by atoms with Gasteiger partial charge in [-0.15, -0.1) is 10.2 Å². The maximum atomic E-state index is 11.8. The van der Waals surface area contributed by atoms with Crippen molar-refractivity contribution >= 4 is 29.2 Å². The number of thioether (sulfide) groups is 1. The third-order valence-corrected chi connectivity index (χ3v) is 3.64. The number of anilines is 2. The molecule has 3 N–H and O–H groups in total. The summed E-state index contributed by atoms with van der Waals surface area (Å²) < 4.78 is 5.51. The Bertz CT molecular complexity index is 789. The predicted molar refractivity (Wildman–Crippen MR) is 87.7 cm³/mol. The number of aromatic nitrogens is 3. The molecule has 0 unspecified atom stereocenters. The van der Waals surface area contributed by atoms with E-state index in [2.05, 4.69) is 20.5 Å². The van der Waals surface area contributed by atoms with Crippen LogP contribution in [-0.4, -0.2) is 26.8 Å².